The number of hydrogen-bond donors (Lipinski definition) is 2. The normalized spacial score (nSPS) is 17.2. The second kappa shape index (κ2) is 4.92. The molecule has 6 heteroatoms. The number of rotatable bonds is 5. The Labute approximate surface area is 82.8 Å². The van der Waals surface area contributed by atoms with Crippen molar-refractivity contribution in [2.45, 2.75) is 18.7 Å². The average Bonchev–Trinajstić information content (AvgIpc) is 2.12. The summed E-state index contributed by atoms with van der Waals surface area (Å²) in [6.07, 6.45) is -1.32. The number of nitrogens with one attached hydrogen (secondary N) is 1. The van der Waals surface area contributed by atoms with Crippen LogP contribution in [0.3, 0.4) is 0 Å². The summed E-state index contributed by atoms with van der Waals surface area (Å²) in [5.74, 6) is 0. The van der Waals surface area contributed by atoms with Gasteiger partial charge >= 0.3 is 6.09 Å². The summed E-state index contributed by atoms with van der Waals surface area (Å²) < 4.78 is 4.97. The summed E-state index contributed by atoms with van der Waals surface area (Å²) in [7, 11) is 4.61. The smallest absolute Gasteiger partial charge is 0.406 e. The molecule has 0 aliphatic carbocycles. The van der Waals surface area contributed by atoms with Crippen molar-refractivity contribution in [3.63, 3.8) is 0 Å². The first-order valence-electron chi connectivity index (χ1n) is 4.08. The number of amides is 1. The Bertz CT molecular complexity index is 219. The lowest BCUT2D eigenvalue weighted by molar-refractivity contribution is -0.128. The largest absolute Gasteiger partial charge is 0.465 e. The number of carbonyl (C=O) groups is 2. The number of ether oxygens (including phenoxy) is 1. The zero-order valence-corrected chi connectivity index (χ0v) is 8.77. The van der Waals surface area contributed by atoms with E-state index in [2.05, 4.69) is 5.32 Å². The number of aldehydes is 1. The van der Waals surface area contributed by atoms with Crippen molar-refractivity contribution < 1.29 is 19.4 Å². The summed E-state index contributed by atoms with van der Waals surface area (Å²) in [6, 6.07) is 0. The van der Waals surface area contributed by atoms with Gasteiger partial charge in [-0.3, -0.25) is 15.0 Å². The third-order valence-corrected chi connectivity index (χ3v) is 2.20. The molecular formula is C8H16N2O4. The van der Waals surface area contributed by atoms with Crippen LogP contribution in [0, 0.1) is 0 Å². The van der Waals surface area contributed by atoms with Crippen molar-refractivity contribution in [2.75, 3.05) is 21.2 Å². The molecule has 0 saturated carbocycles. The van der Waals surface area contributed by atoms with Gasteiger partial charge in [-0.1, -0.05) is 0 Å². The Morgan fingerprint density at radius 2 is 2.14 bits per heavy atom. The lowest BCUT2D eigenvalue weighted by Crippen LogP contribution is -2.65. The van der Waals surface area contributed by atoms with Crippen LogP contribution in [-0.2, 0) is 9.53 Å². The predicted octanol–water partition coefficient (Wildman–Crippen LogP) is -0.254. The van der Waals surface area contributed by atoms with Crippen LogP contribution in [0.4, 0.5) is 4.79 Å². The molecule has 0 aliphatic rings. The molecule has 82 valence electrons. The lowest BCUT2D eigenvalue weighted by Gasteiger charge is -2.38. The first kappa shape index (κ1) is 12.9. The van der Waals surface area contributed by atoms with Crippen LogP contribution in [-0.4, -0.2) is 55.4 Å². The Balaban J connectivity index is 4.97. The van der Waals surface area contributed by atoms with E-state index in [-0.39, 0.29) is 0 Å². The number of carboxylic acid groups (broad SMARTS) is 1. The summed E-state index contributed by atoms with van der Waals surface area (Å²) in [5.41, 5.74) is -1.35. The van der Waals surface area contributed by atoms with Crippen LogP contribution >= 0.6 is 0 Å². The Hall–Kier alpha value is -1.14. The average molecular weight is 204 g/mol. The molecule has 0 rings (SSSR count). The number of hydrogen-bond acceptors (Lipinski definition) is 4. The van der Waals surface area contributed by atoms with Crippen LogP contribution in [0.15, 0.2) is 0 Å². The fourth-order valence-corrected chi connectivity index (χ4v) is 1.16. The van der Waals surface area contributed by atoms with E-state index in [1.807, 2.05) is 0 Å². The SMILES string of the molecule is CO[C@H](C)[C@@](C=O)(NC(=O)O)N(C)C. The predicted molar refractivity (Wildman–Crippen MR) is 50.1 cm³/mol. The van der Waals surface area contributed by atoms with E-state index in [1.54, 1.807) is 21.0 Å². The van der Waals surface area contributed by atoms with Crippen LogP contribution in [0.2, 0.25) is 0 Å². The molecule has 0 fully saturated rings. The lowest BCUT2D eigenvalue weighted by atomic mass is 10.1. The van der Waals surface area contributed by atoms with Gasteiger partial charge in [0.25, 0.3) is 0 Å². The highest BCUT2D eigenvalue weighted by molar-refractivity contribution is 5.75. The van der Waals surface area contributed by atoms with Crippen molar-refractivity contribution in [3.05, 3.63) is 0 Å². The minimum absolute atomic E-state index is 0.523. The van der Waals surface area contributed by atoms with E-state index in [0.717, 1.165) is 0 Å². The minimum Gasteiger partial charge on any atom is -0.465 e. The summed E-state index contributed by atoms with van der Waals surface area (Å²) in [6.45, 7) is 1.62. The fraction of sp³-hybridized carbons (Fsp3) is 0.750. The first-order valence-corrected chi connectivity index (χ1v) is 4.08. The van der Waals surface area contributed by atoms with Gasteiger partial charge in [0, 0.05) is 7.11 Å². The molecule has 6 nitrogen and oxygen atoms in total. The summed E-state index contributed by atoms with van der Waals surface area (Å²) in [4.78, 5) is 23.0. The molecule has 14 heavy (non-hydrogen) atoms. The molecule has 2 N–H and O–H groups in total. The molecule has 0 spiro atoms. The van der Waals surface area contributed by atoms with Gasteiger partial charge in [0.05, 0.1) is 6.10 Å². The maximum absolute atomic E-state index is 11.0. The standard InChI is InChI=1S/C8H16N2O4/c1-6(14-4)8(5-11,10(2)3)9-7(12)13/h5-6,9H,1-4H3,(H,12,13)/t6-,8+/m1/s1. The number of nitrogens with zero attached hydrogens (tertiary/aromatic N) is 1. The van der Waals surface area contributed by atoms with Crippen molar-refractivity contribution in [3.8, 4) is 0 Å². The van der Waals surface area contributed by atoms with E-state index in [0.29, 0.717) is 6.29 Å². The third kappa shape index (κ3) is 2.43. The van der Waals surface area contributed by atoms with E-state index >= 15 is 0 Å². The molecule has 0 radical (unpaired) electrons. The molecule has 0 bridgehead atoms. The minimum atomic E-state index is -1.35. The highest BCUT2D eigenvalue weighted by Crippen LogP contribution is 2.13. The quantitative estimate of drug-likeness (QED) is 0.476. The molecule has 1 amide bonds. The maximum atomic E-state index is 11.0. The molecule has 2 atom stereocenters. The zero-order chi connectivity index (χ0) is 11.4. The Kier molecular flexibility index (Phi) is 4.52. The van der Waals surface area contributed by atoms with Gasteiger partial charge in [0.15, 0.2) is 11.9 Å². The van der Waals surface area contributed by atoms with Crippen molar-refractivity contribution >= 4 is 12.4 Å². The summed E-state index contributed by atoms with van der Waals surface area (Å²) >= 11 is 0. The van der Waals surface area contributed by atoms with E-state index in [1.165, 1.54) is 12.0 Å². The number of methoxy groups -OCH3 is 1. The third-order valence-electron chi connectivity index (χ3n) is 2.20. The molecule has 0 unspecified atom stereocenters. The van der Waals surface area contributed by atoms with E-state index < -0.39 is 17.9 Å². The van der Waals surface area contributed by atoms with Crippen LogP contribution in [0.5, 0.6) is 0 Å². The van der Waals surface area contributed by atoms with Gasteiger partial charge in [-0.15, -0.1) is 0 Å². The monoisotopic (exact) mass is 204 g/mol. The highest BCUT2D eigenvalue weighted by atomic mass is 16.5. The molecule has 0 aromatic carbocycles. The van der Waals surface area contributed by atoms with E-state index in [4.69, 9.17) is 9.84 Å². The van der Waals surface area contributed by atoms with Crippen LogP contribution < -0.4 is 5.32 Å². The van der Waals surface area contributed by atoms with Crippen LogP contribution in [0.25, 0.3) is 0 Å². The van der Waals surface area contributed by atoms with Crippen molar-refractivity contribution in [1.29, 1.82) is 0 Å². The topological polar surface area (TPSA) is 78.9 Å². The van der Waals surface area contributed by atoms with Gasteiger partial charge in [-0.05, 0) is 21.0 Å². The maximum Gasteiger partial charge on any atom is 0.406 e. The van der Waals surface area contributed by atoms with E-state index in [9.17, 15) is 9.59 Å². The fourth-order valence-electron chi connectivity index (χ4n) is 1.16. The van der Waals surface area contributed by atoms with Crippen molar-refractivity contribution in [1.82, 2.24) is 10.2 Å². The molecular weight excluding hydrogens is 188 g/mol. The Morgan fingerprint density at radius 3 is 2.36 bits per heavy atom. The molecule has 0 saturated heterocycles. The summed E-state index contributed by atoms with van der Waals surface area (Å²) in [5, 5.41) is 10.8. The van der Waals surface area contributed by atoms with Gasteiger partial charge in [0.1, 0.15) is 0 Å². The van der Waals surface area contributed by atoms with Gasteiger partial charge in [-0.2, -0.15) is 0 Å². The van der Waals surface area contributed by atoms with Crippen molar-refractivity contribution in [2.24, 2.45) is 0 Å². The number of carbonyl (C=O) groups excluding carboxylic acids is 1. The van der Waals surface area contributed by atoms with Gasteiger partial charge < -0.3 is 9.84 Å². The molecule has 0 aromatic heterocycles. The second-order valence-electron chi connectivity index (χ2n) is 3.15. The highest BCUT2D eigenvalue weighted by Gasteiger charge is 2.40. The van der Waals surface area contributed by atoms with Crippen LogP contribution in [0.1, 0.15) is 6.92 Å². The first-order chi connectivity index (χ1) is 6.40. The number of likely N-dealkylation sites (N-methyl/N-ethyl adjacent to an activating group) is 1. The van der Waals surface area contributed by atoms with Gasteiger partial charge in [0.2, 0.25) is 0 Å². The molecule has 0 aliphatic heterocycles. The second-order valence-corrected chi connectivity index (χ2v) is 3.15. The van der Waals surface area contributed by atoms with Gasteiger partial charge in [-0.25, -0.2) is 4.79 Å². The zero-order valence-electron chi connectivity index (χ0n) is 8.77. The Morgan fingerprint density at radius 1 is 1.64 bits per heavy atom. The molecule has 0 heterocycles. The molecule has 0 aromatic rings.